The van der Waals surface area contributed by atoms with Gasteiger partial charge in [0.05, 0.1) is 0 Å². The highest BCUT2D eigenvalue weighted by Crippen LogP contribution is 2.26. The maximum absolute atomic E-state index is 12.1. The van der Waals surface area contributed by atoms with Crippen molar-refractivity contribution in [1.29, 1.82) is 0 Å². The van der Waals surface area contributed by atoms with Crippen LogP contribution in [-0.4, -0.2) is 24.9 Å². The number of nitrogens with zero attached hydrogens (tertiary/aromatic N) is 1. The molecule has 0 aliphatic carbocycles. The van der Waals surface area contributed by atoms with E-state index >= 15 is 0 Å². The zero-order chi connectivity index (χ0) is 15.6. The molecule has 1 heterocycles. The molecule has 1 unspecified atom stereocenters. The molecule has 21 heavy (non-hydrogen) atoms. The van der Waals surface area contributed by atoms with Gasteiger partial charge >= 0.3 is 0 Å². The number of amides is 2. The molecule has 114 valence electrons. The first-order valence-corrected chi connectivity index (χ1v) is 7.49. The van der Waals surface area contributed by atoms with Gasteiger partial charge in [-0.3, -0.25) is 9.59 Å². The molecular weight excluding hydrogens is 288 g/mol. The van der Waals surface area contributed by atoms with Gasteiger partial charge in [-0.2, -0.15) is 0 Å². The summed E-state index contributed by atoms with van der Waals surface area (Å²) in [6, 6.07) is 7.24. The first-order chi connectivity index (χ1) is 9.77. The predicted octanol–water partition coefficient (Wildman–Crippen LogP) is 2.86. The lowest BCUT2D eigenvalue weighted by molar-refractivity contribution is -0.128. The van der Waals surface area contributed by atoms with Crippen molar-refractivity contribution < 1.29 is 9.59 Å². The summed E-state index contributed by atoms with van der Waals surface area (Å²) in [6.45, 7) is 6.79. The Labute approximate surface area is 130 Å². The van der Waals surface area contributed by atoms with E-state index in [9.17, 15) is 9.59 Å². The summed E-state index contributed by atoms with van der Waals surface area (Å²) in [4.78, 5) is 25.7. The quantitative estimate of drug-likeness (QED) is 0.933. The van der Waals surface area contributed by atoms with Crippen molar-refractivity contribution in [2.45, 2.75) is 27.2 Å². The molecule has 1 aromatic carbocycles. The van der Waals surface area contributed by atoms with Crippen molar-refractivity contribution in [3.05, 3.63) is 29.3 Å². The van der Waals surface area contributed by atoms with Gasteiger partial charge in [0, 0.05) is 41.6 Å². The smallest absolute Gasteiger partial charge is 0.227 e. The van der Waals surface area contributed by atoms with E-state index in [0.29, 0.717) is 24.5 Å². The van der Waals surface area contributed by atoms with Crippen LogP contribution in [0.25, 0.3) is 0 Å². The van der Waals surface area contributed by atoms with Crippen LogP contribution in [0.15, 0.2) is 24.3 Å². The van der Waals surface area contributed by atoms with Gasteiger partial charge in [-0.15, -0.1) is 0 Å². The average molecular weight is 309 g/mol. The number of rotatable bonds is 3. The van der Waals surface area contributed by atoms with Crippen LogP contribution in [0.1, 0.15) is 27.2 Å². The van der Waals surface area contributed by atoms with E-state index in [0.717, 1.165) is 5.69 Å². The SMILES string of the molecule is CC(C)(C)C(=O)NCC1CC(=O)N(c2ccc(Cl)cc2)C1. The Kier molecular flexibility index (Phi) is 4.57. The van der Waals surface area contributed by atoms with Crippen LogP contribution in [0.5, 0.6) is 0 Å². The second-order valence-corrected chi connectivity index (χ2v) is 6.95. The van der Waals surface area contributed by atoms with Crippen LogP contribution in [-0.2, 0) is 9.59 Å². The third-order valence-electron chi connectivity index (χ3n) is 3.58. The van der Waals surface area contributed by atoms with Crippen LogP contribution in [0.4, 0.5) is 5.69 Å². The fraction of sp³-hybridized carbons (Fsp3) is 0.500. The number of anilines is 1. The monoisotopic (exact) mass is 308 g/mol. The van der Waals surface area contributed by atoms with Gasteiger partial charge in [0.2, 0.25) is 11.8 Å². The number of carbonyl (C=O) groups excluding carboxylic acids is 2. The Morgan fingerprint density at radius 3 is 2.52 bits per heavy atom. The summed E-state index contributed by atoms with van der Waals surface area (Å²) in [7, 11) is 0. The Morgan fingerprint density at radius 2 is 1.95 bits per heavy atom. The van der Waals surface area contributed by atoms with E-state index < -0.39 is 5.41 Å². The van der Waals surface area contributed by atoms with Crippen LogP contribution in [0, 0.1) is 11.3 Å². The molecule has 4 nitrogen and oxygen atoms in total. The zero-order valence-corrected chi connectivity index (χ0v) is 13.4. The third-order valence-corrected chi connectivity index (χ3v) is 3.83. The van der Waals surface area contributed by atoms with E-state index in [4.69, 9.17) is 11.6 Å². The van der Waals surface area contributed by atoms with E-state index in [1.54, 1.807) is 17.0 Å². The minimum atomic E-state index is -0.404. The second-order valence-electron chi connectivity index (χ2n) is 6.51. The lowest BCUT2D eigenvalue weighted by Gasteiger charge is -2.20. The van der Waals surface area contributed by atoms with Crippen molar-refractivity contribution in [2.75, 3.05) is 18.0 Å². The van der Waals surface area contributed by atoms with E-state index in [1.807, 2.05) is 32.9 Å². The van der Waals surface area contributed by atoms with E-state index in [1.165, 1.54) is 0 Å². The first-order valence-electron chi connectivity index (χ1n) is 7.11. The largest absolute Gasteiger partial charge is 0.355 e. The molecule has 1 aliphatic rings. The Morgan fingerprint density at radius 1 is 1.33 bits per heavy atom. The number of halogens is 1. The topological polar surface area (TPSA) is 49.4 Å². The Balaban J connectivity index is 1.94. The maximum Gasteiger partial charge on any atom is 0.227 e. The zero-order valence-electron chi connectivity index (χ0n) is 12.6. The van der Waals surface area contributed by atoms with Crippen LogP contribution >= 0.6 is 11.6 Å². The highest BCUT2D eigenvalue weighted by atomic mass is 35.5. The lowest BCUT2D eigenvalue weighted by Crippen LogP contribution is -2.38. The number of benzene rings is 1. The molecule has 0 aromatic heterocycles. The van der Waals surface area contributed by atoms with Crippen molar-refractivity contribution in [1.82, 2.24) is 5.32 Å². The Hall–Kier alpha value is -1.55. The van der Waals surface area contributed by atoms with E-state index in [-0.39, 0.29) is 17.7 Å². The summed E-state index contributed by atoms with van der Waals surface area (Å²) in [5.74, 6) is 0.256. The minimum absolute atomic E-state index is 0.0138. The molecule has 1 atom stereocenters. The van der Waals surface area contributed by atoms with Gasteiger partial charge < -0.3 is 10.2 Å². The van der Waals surface area contributed by atoms with Crippen LogP contribution in [0.3, 0.4) is 0 Å². The predicted molar refractivity (Wildman–Crippen MR) is 84.4 cm³/mol. The van der Waals surface area contributed by atoms with Crippen molar-refractivity contribution in [3.63, 3.8) is 0 Å². The molecule has 1 N–H and O–H groups in total. The normalized spacial score (nSPS) is 19.0. The van der Waals surface area contributed by atoms with Gasteiger partial charge in [-0.05, 0) is 24.3 Å². The molecule has 2 amide bonds. The molecule has 1 saturated heterocycles. The standard InChI is InChI=1S/C16H21ClN2O2/c1-16(2,3)15(21)18-9-11-8-14(20)19(10-11)13-6-4-12(17)5-7-13/h4-7,11H,8-10H2,1-3H3,(H,18,21). The van der Waals surface area contributed by atoms with Crippen molar-refractivity contribution >= 4 is 29.1 Å². The number of hydrogen-bond donors (Lipinski definition) is 1. The molecule has 1 aromatic rings. The Bertz CT molecular complexity index is 534. The maximum atomic E-state index is 12.1. The highest BCUT2D eigenvalue weighted by Gasteiger charge is 2.31. The van der Waals surface area contributed by atoms with Gasteiger partial charge in [0.1, 0.15) is 0 Å². The van der Waals surface area contributed by atoms with Gasteiger partial charge in [0.15, 0.2) is 0 Å². The molecule has 1 aliphatic heterocycles. The third kappa shape index (κ3) is 3.97. The molecule has 5 heteroatoms. The molecule has 0 radical (unpaired) electrons. The fourth-order valence-electron chi connectivity index (χ4n) is 2.29. The molecule has 2 rings (SSSR count). The average Bonchev–Trinajstić information content (AvgIpc) is 2.77. The van der Waals surface area contributed by atoms with Gasteiger partial charge in [-0.25, -0.2) is 0 Å². The summed E-state index contributed by atoms with van der Waals surface area (Å²) >= 11 is 5.86. The first kappa shape index (κ1) is 15.8. The number of nitrogens with one attached hydrogen (secondary N) is 1. The van der Waals surface area contributed by atoms with Gasteiger partial charge in [-0.1, -0.05) is 32.4 Å². The van der Waals surface area contributed by atoms with Gasteiger partial charge in [0.25, 0.3) is 0 Å². The summed E-state index contributed by atoms with van der Waals surface area (Å²) in [5, 5.41) is 3.58. The van der Waals surface area contributed by atoms with Crippen molar-refractivity contribution in [2.24, 2.45) is 11.3 Å². The highest BCUT2D eigenvalue weighted by molar-refractivity contribution is 6.30. The molecule has 0 bridgehead atoms. The second kappa shape index (κ2) is 6.06. The number of hydrogen-bond acceptors (Lipinski definition) is 2. The molecule has 0 spiro atoms. The summed E-state index contributed by atoms with van der Waals surface area (Å²) < 4.78 is 0. The van der Waals surface area contributed by atoms with E-state index in [2.05, 4.69) is 5.32 Å². The summed E-state index contributed by atoms with van der Waals surface area (Å²) in [5.41, 5.74) is 0.451. The molecule has 1 fully saturated rings. The van der Waals surface area contributed by atoms with Crippen LogP contribution < -0.4 is 10.2 Å². The minimum Gasteiger partial charge on any atom is -0.355 e. The lowest BCUT2D eigenvalue weighted by atomic mass is 9.95. The van der Waals surface area contributed by atoms with Crippen molar-refractivity contribution in [3.8, 4) is 0 Å². The number of carbonyl (C=O) groups is 2. The molecular formula is C16H21ClN2O2. The fourth-order valence-corrected chi connectivity index (χ4v) is 2.42. The van der Waals surface area contributed by atoms with Crippen LogP contribution in [0.2, 0.25) is 5.02 Å². The molecule has 0 saturated carbocycles. The summed E-state index contributed by atoms with van der Waals surface area (Å²) in [6.07, 6.45) is 0.465.